The second kappa shape index (κ2) is 5.00. The minimum absolute atomic E-state index is 0.274. The van der Waals surface area contributed by atoms with Crippen molar-refractivity contribution in [2.24, 2.45) is 5.92 Å². The largest absolute Gasteiger partial charge is 0.418 e. The maximum atomic E-state index is 13.1. The molecule has 0 unspecified atom stereocenters. The van der Waals surface area contributed by atoms with Crippen LogP contribution in [-0.2, 0) is 11.0 Å². The monoisotopic (exact) mass is 312 g/mol. The summed E-state index contributed by atoms with van der Waals surface area (Å²) in [5, 5.41) is 0. The molecule has 2 aliphatic rings. The molecular weight excluding hydrogens is 297 g/mol. The van der Waals surface area contributed by atoms with Crippen LogP contribution in [0, 0.1) is 5.92 Å². The van der Waals surface area contributed by atoms with Crippen LogP contribution in [-0.4, -0.2) is 29.4 Å². The molecule has 118 valence electrons. The number of hydrogen-bond donors (Lipinski definition) is 0. The van der Waals surface area contributed by atoms with E-state index < -0.39 is 29.7 Å². The van der Waals surface area contributed by atoms with Crippen molar-refractivity contribution < 1.29 is 22.8 Å². The molecule has 0 aromatic heterocycles. The SMILES string of the molecule is C[C@H]1CCN2C(=O)N(c3ccccc3C(F)(F)F)C(=O)[C@H]2C1. The molecule has 7 heteroatoms. The fourth-order valence-corrected chi connectivity index (χ4v) is 3.11. The van der Waals surface area contributed by atoms with E-state index in [1.54, 1.807) is 0 Å². The third-order valence-electron chi connectivity index (χ3n) is 4.26. The van der Waals surface area contributed by atoms with Crippen LogP contribution in [0.25, 0.3) is 0 Å². The lowest BCUT2D eigenvalue weighted by molar-refractivity contribution is -0.137. The number of halogens is 3. The number of carbonyl (C=O) groups excluding carboxylic acids is 2. The predicted octanol–water partition coefficient (Wildman–Crippen LogP) is 3.27. The van der Waals surface area contributed by atoms with E-state index in [0.717, 1.165) is 12.5 Å². The number of piperidine rings is 1. The molecule has 3 rings (SSSR count). The molecule has 0 spiro atoms. The molecule has 22 heavy (non-hydrogen) atoms. The Labute approximate surface area is 125 Å². The predicted molar refractivity (Wildman–Crippen MR) is 73.2 cm³/mol. The third kappa shape index (κ3) is 2.24. The van der Waals surface area contributed by atoms with Crippen molar-refractivity contribution in [1.82, 2.24) is 4.90 Å². The van der Waals surface area contributed by atoms with E-state index in [9.17, 15) is 22.8 Å². The van der Waals surface area contributed by atoms with Gasteiger partial charge >= 0.3 is 12.2 Å². The lowest BCUT2D eigenvalue weighted by Crippen LogP contribution is -2.41. The van der Waals surface area contributed by atoms with Gasteiger partial charge in [0.25, 0.3) is 5.91 Å². The van der Waals surface area contributed by atoms with Gasteiger partial charge in [0, 0.05) is 6.54 Å². The number of nitrogens with zero attached hydrogens (tertiary/aromatic N) is 2. The molecule has 2 aliphatic heterocycles. The number of amides is 3. The molecule has 1 aromatic carbocycles. The van der Waals surface area contributed by atoms with E-state index in [1.807, 2.05) is 6.92 Å². The molecule has 4 nitrogen and oxygen atoms in total. The van der Waals surface area contributed by atoms with E-state index in [1.165, 1.54) is 23.1 Å². The summed E-state index contributed by atoms with van der Waals surface area (Å²) in [5.74, 6) is -0.288. The molecule has 2 saturated heterocycles. The minimum Gasteiger partial charge on any atom is -0.312 e. The Balaban J connectivity index is 2.03. The second-order valence-corrected chi connectivity index (χ2v) is 5.81. The van der Waals surface area contributed by atoms with Gasteiger partial charge in [-0.15, -0.1) is 0 Å². The van der Waals surface area contributed by atoms with Gasteiger partial charge in [-0.05, 0) is 30.9 Å². The van der Waals surface area contributed by atoms with Gasteiger partial charge in [-0.1, -0.05) is 19.1 Å². The number of fused-ring (bicyclic) bond motifs is 1. The quantitative estimate of drug-likeness (QED) is 0.747. The second-order valence-electron chi connectivity index (χ2n) is 5.81. The summed E-state index contributed by atoms with van der Waals surface area (Å²) >= 11 is 0. The summed E-state index contributed by atoms with van der Waals surface area (Å²) in [7, 11) is 0. The zero-order chi connectivity index (χ0) is 16.1. The highest BCUT2D eigenvalue weighted by atomic mass is 19.4. The standard InChI is InChI=1S/C15H15F3N2O2/c1-9-6-7-19-12(8-9)13(21)20(14(19)22)11-5-3-2-4-10(11)15(16,17)18/h2-5,9,12H,6-8H2,1H3/t9-,12+/m0/s1. The normalized spacial score (nSPS) is 25.6. The van der Waals surface area contributed by atoms with Gasteiger partial charge in [-0.2, -0.15) is 13.2 Å². The molecule has 0 bridgehead atoms. The van der Waals surface area contributed by atoms with Crippen LogP contribution in [0.5, 0.6) is 0 Å². The summed E-state index contributed by atoms with van der Waals surface area (Å²) < 4.78 is 39.4. The first kappa shape index (κ1) is 14.9. The minimum atomic E-state index is -4.62. The first-order chi connectivity index (χ1) is 10.3. The van der Waals surface area contributed by atoms with Gasteiger partial charge in [-0.3, -0.25) is 4.79 Å². The number of anilines is 1. The smallest absolute Gasteiger partial charge is 0.312 e. The number of hydrogen-bond acceptors (Lipinski definition) is 2. The molecule has 0 N–H and O–H groups in total. The van der Waals surface area contributed by atoms with Crippen LogP contribution in [0.4, 0.5) is 23.7 Å². The van der Waals surface area contributed by atoms with Crippen molar-refractivity contribution in [2.75, 3.05) is 11.4 Å². The van der Waals surface area contributed by atoms with E-state index >= 15 is 0 Å². The summed E-state index contributed by atoms with van der Waals surface area (Å²) in [6.07, 6.45) is -3.37. The fourth-order valence-electron chi connectivity index (χ4n) is 3.11. The zero-order valence-corrected chi connectivity index (χ0v) is 11.9. The lowest BCUT2D eigenvalue weighted by Gasteiger charge is -2.30. The summed E-state index contributed by atoms with van der Waals surface area (Å²) in [6, 6.07) is 3.39. The van der Waals surface area contributed by atoms with E-state index in [4.69, 9.17) is 0 Å². The van der Waals surface area contributed by atoms with Crippen molar-refractivity contribution >= 4 is 17.6 Å². The molecule has 3 amide bonds. The van der Waals surface area contributed by atoms with E-state index in [2.05, 4.69) is 0 Å². The van der Waals surface area contributed by atoms with Gasteiger partial charge in [0.1, 0.15) is 6.04 Å². The van der Waals surface area contributed by atoms with Gasteiger partial charge < -0.3 is 4.90 Å². The Morgan fingerprint density at radius 1 is 1.18 bits per heavy atom. The Hall–Kier alpha value is -2.05. The van der Waals surface area contributed by atoms with E-state index in [0.29, 0.717) is 17.9 Å². The fraction of sp³-hybridized carbons (Fsp3) is 0.467. The van der Waals surface area contributed by atoms with Crippen molar-refractivity contribution in [3.05, 3.63) is 29.8 Å². The topological polar surface area (TPSA) is 40.6 Å². The van der Waals surface area contributed by atoms with Gasteiger partial charge in [0.05, 0.1) is 11.3 Å². The zero-order valence-electron chi connectivity index (χ0n) is 11.9. The average molecular weight is 312 g/mol. The molecule has 2 fully saturated rings. The number of imide groups is 1. The highest BCUT2D eigenvalue weighted by Crippen LogP contribution is 2.40. The molecule has 0 saturated carbocycles. The first-order valence-electron chi connectivity index (χ1n) is 7.11. The van der Waals surface area contributed by atoms with E-state index in [-0.39, 0.29) is 11.6 Å². The Bertz CT molecular complexity index is 629. The Morgan fingerprint density at radius 3 is 2.55 bits per heavy atom. The number of urea groups is 1. The maximum absolute atomic E-state index is 13.1. The Kier molecular flexibility index (Phi) is 3.38. The summed E-state index contributed by atoms with van der Waals surface area (Å²) in [5.41, 5.74) is -1.35. The summed E-state index contributed by atoms with van der Waals surface area (Å²) in [6.45, 7) is 2.38. The number of benzene rings is 1. The van der Waals surface area contributed by atoms with Crippen molar-refractivity contribution in [1.29, 1.82) is 0 Å². The molecule has 2 heterocycles. The number of para-hydroxylation sites is 1. The van der Waals surface area contributed by atoms with Crippen molar-refractivity contribution in [3.63, 3.8) is 0 Å². The van der Waals surface area contributed by atoms with Gasteiger partial charge in [0.15, 0.2) is 0 Å². The number of carbonyl (C=O) groups is 2. The third-order valence-corrected chi connectivity index (χ3v) is 4.26. The van der Waals surface area contributed by atoms with Gasteiger partial charge in [-0.25, -0.2) is 9.69 Å². The molecule has 1 aromatic rings. The van der Waals surface area contributed by atoms with Crippen LogP contribution in [0.1, 0.15) is 25.3 Å². The highest BCUT2D eigenvalue weighted by Gasteiger charge is 2.49. The van der Waals surface area contributed by atoms with Crippen molar-refractivity contribution in [2.45, 2.75) is 32.0 Å². The van der Waals surface area contributed by atoms with Crippen molar-refractivity contribution in [3.8, 4) is 0 Å². The molecule has 0 aliphatic carbocycles. The van der Waals surface area contributed by atoms with Crippen LogP contribution in [0.15, 0.2) is 24.3 Å². The lowest BCUT2D eigenvalue weighted by atomic mass is 9.93. The first-order valence-corrected chi connectivity index (χ1v) is 7.11. The van der Waals surface area contributed by atoms with Crippen LogP contribution in [0.2, 0.25) is 0 Å². The number of alkyl halides is 3. The van der Waals surface area contributed by atoms with Crippen LogP contribution in [0.3, 0.4) is 0 Å². The highest BCUT2D eigenvalue weighted by molar-refractivity contribution is 6.21. The van der Waals surface area contributed by atoms with Crippen LogP contribution < -0.4 is 4.90 Å². The molecular formula is C15H15F3N2O2. The molecule has 0 radical (unpaired) electrons. The maximum Gasteiger partial charge on any atom is 0.418 e. The van der Waals surface area contributed by atoms with Gasteiger partial charge in [0.2, 0.25) is 0 Å². The summed E-state index contributed by atoms with van der Waals surface area (Å²) in [4.78, 5) is 26.9. The molecule has 2 atom stereocenters. The average Bonchev–Trinajstić information content (AvgIpc) is 2.69. The Morgan fingerprint density at radius 2 is 1.86 bits per heavy atom. The van der Waals surface area contributed by atoms with Crippen LogP contribution >= 0.6 is 0 Å². The number of rotatable bonds is 1.